The van der Waals surface area contributed by atoms with Gasteiger partial charge in [-0.3, -0.25) is 9.69 Å². The van der Waals surface area contributed by atoms with Crippen LogP contribution in [0.3, 0.4) is 0 Å². The molecular weight excluding hydrogens is 460 g/mol. The summed E-state index contributed by atoms with van der Waals surface area (Å²) in [6.07, 6.45) is 20.3. The van der Waals surface area contributed by atoms with Crippen molar-refractivity contribution in [2.75, 3.05) is 13.1 Å². The fourth-order valence-electron chi connectivity index (χ4n) is 5.62. The van der Waals surface area contributed by atoms with Crippen LogP contribution >= 0.6 is 11.6 Å². The number of nitrogens with two attached hydrogens (primary N) is 1. The smallest absolute Gasteiger partial charge is 0.224 e. The van der Waals surface area contributed by atoms with Gasteiger partial charge in [0.25, 0.3) is 0 Å². The van der Waals surface area contributed by atoms with Crippen molar-refractivity contribution in [1.29, 1.82) is 0 Å². The zero-order valence-corrected chi connectivity index (χ0v) is 21.5. The van der Waals surface area contributed by atoms with Crippen LogP contribution < -0.4 is 5.73 Å². The Morgan fingerprint density at radius 3 is 2.23 bits per heavy atom. The van der Waals surface area contributed by atoms with Crippen LogP contribution in [0.4, 0.5) is 0 Å². The molecule has 2 aliphatic carbocycles. The summed E-state index contributed by atoms with van der Waals surface area (Å²) >= 11 is 6.00. The number of rotatable bonds is 10. The zero-order chi connectivity index (χ0) is 25.1. The minimum absolute atomic E-state index is 0.0785. The molecular formula is C29H37ClN2O3. The van der Waals surface area contributed by atoms with Crippen LogP contribution in [0.5, 0.6) is 5.75 Å². The maximum Gasteiger partial charge on any atom is 0.224 e. The van der Waals surface area contributed by atoms with Crippen molar-refractivity contribution in [1.82, 2.24) is 4.90 Å². The highest BCUT2D eigenvalue weighted by Gasteiger charge is 2.49. The van der Waals surface area contributed by atoms with E-state index in [0.717, 1.165) is 44.3 Å². The Kier molecular flexibility index (Phi) is 7.89. The lowest BCUT2D eigenvalue weighted by atomic mass is 9.59. The SMILES string of the molecule is CC(C)(CCC(C(N)=O)(C1C=CC=CC1)C1C=CC=CC1)N1CC(OCc2ccc(O)c(Cl)c2)C1. The molecule has 1 fully saturated rings. The van der Waals surface area contributed by atoms with Gasteiger partial charge in [0.05, 0.1) is 23.1 Å². The number of benzene rings is 1. The lowest BCUT2D eigenvalue weighted by molar-refractivity contribution is -0.135. The third kappa shape index (κ3) is 5.58. The van der Waals surface area contributed by atoms with Crippen LogP contribution in [0.15, 0.2) is 66.8 Å². The molecule has 3 aliphatic rings. The monoisotopic (exact) mass is 496 g/mol. The maximum absolute atomic E-state index is 13.2. The zero-order valence-electron chi connectivity index (χ0n) is 20.7. The van der Waals surface area contributed by atoms with E-state index in [1.54, 1.807) is 12.1 Å². The van der Waals surface area contributed by atoms with E-state index in [4.69, 9.17) is 22.1 Å². The number of aromatic hydroxyl groups is 1. The van der Waals surface area contributed by atoms with E-state index in [0.29, 0.717) is 11.6 Å². The first kappa shape index (κ1) is 25.7. The predicted molar refractivity (Wildman–Crippen MR) is 141 cm³/mol. The van der Waals surface area contributed by atoms with Crippen molar-refractivity contribution < 1.29 is 14.6 Å². The van der Waals surface area contributed by atoms with E-state index >= 15 is 0 Å². The highest BCUT2D eigenvalue weighted by molar-refractivity contribution is 6.32. The summed E-state index contributed by atoms with van der Waals surface area (Å²) in [5.74, 6) is 0.0946. The standard InChI is InChI=1S/C29H37ClN2O3/c1-28(2,32-18-24(19-32)35-20-21-13-14-26(33)25(30)17-21)15-16-29(27(31)34,22-9-5-3-6-10-22)23-11-7-4-8-12-23/h3-9,11,13-14,17,22-24,33H,10,12,15-16,18-20H2,1-2H3,(H2,31,34). The van der Waals surface area contributed by atoms with Crippen LogP contribution in [0.25, 0.3) is 0 Å². The number of hydrogen-bond acceptors (Lipinski definition) is 4. The molecule has 2 atom stereocenters. The van der Waals surface area contributed by atoms with Crippen LogP contribution in [-0.2, 0) is 16.1 Å². The second-order valence-corrected chi connectivity index (χ2v) is 11.1. The highest BCUT2D eigenvalue weighted by Crippen LogP contribution is 2.48. The van der Waals surface area contributed by atoms with E-state index in [1.165, 1.54) is 0 Å². The number of carbonyl (C=O) groups is 1. The van der Waals surface area contributed by atoms with Gasteiger partial charge in [-0.1, -0.05) is 66.3 Å². The number of allylic oxidation sites excluding steroid dienone is 8. The molecule has 0 bridgehead atoms. The predicted octanol–water partition coefficient (Wildman–Crippen LogP) is 5.54. The van der Waals surface area contributed by atoms with E-state index in [-0.39, 0.29) is 35.1 Å². The van der Waals surface area contributed by atoms with Gasteiger partial charge < -0.3 is 15.6 Å². The number of carbonyl (C=O) groups excluding carboxylic acids is 1. The number of phenols is 1. The average Bonchev–Trinajstić information content (AvgIpc) is 2.82. The number of likely N-dealkylation sites (tertiary alicyclic amines) is 1. The Labute approximate surface area is 214 Å². The molecule has 3 N–H and O–H groups in total. The van der Waals surface area contributed by atoms with Gasteiger partial charge >= 0.3 is 0 Å². The molecule has 188 valence electrons. The van der Waals surface area contributed by atoms with Crippen molar-refractivity contribution in [2.24, 2.45) is 23.0 Å². The van der Waals surface area contributed by atoms with Crippen molar-refractivity contribution in [3.05, 3.63) is 77.4 Å². The summed E-state index contributed by atoms with van der Waals surface area (Å²) in [4.78, 5) is 15.6. The van der Waals surface area contributed by atoms with Crippen molar-refractivity contribution in [2.45, 2.75) is 57.8 Å². The third-order valence-electron chi connectivity index (χ3n) is 8.10. The molecule has 1 saturated heterocycles. The van der Waals surface area contributed by atoms with E-state index in [9.17, 15) is 9.90 Å². The molecule has 1 amide bonds. The van der Waals surface area contributed by atoms with Crippen LogP contribution in [0.1, 0.15) is 45.1 Å². The third-order valence-corrected chi connectivity index (χ3v) is 8.40. The van der Waals surface area contributed by atoms with Crippen LogP contribution in [-0.4, -0.2) is 40.6 Å². The molecule has 1 aromatic carbocycles. The van der Waals surface area contributed by atoms with Crippen LogP contribution in [0, 0.1) is 17.3 Å². The first-order valence-corrected chi connectivity index (χ1v) is 12.9. The highest BCUT2D eigenvalue weighted by atomic mass is 35.5. The molecule has 2 unspecified atom stereocenters. The molecule has 1 aliphatic heterocycles. The van der Waals surface area contributed by atoms with Gasteiger partial charge in [-0.2, -0.15) is 0 Å². The number of amides is 1. The number of halogens is 1. The fourth-order valence-corrected chi connectivity index (χ4v) is 5.83. The molecule has 0 saturated carbocycles. The van der Waals surface area contributed by atoms with Crippen molar-refractivity contribution in [3.63, 3.8) is 0 Å². The molecule has 6 heteroatoms. The normalized spacial score (nSPS) is 24.3. The first-order valence-electron chi connectivity index (χ1n) is 12.5. The van der Waals surface area contributed by atoms with Gasteiger partial charge in [-0.25, -0.2) is 0 Å². The fraction of sp³-hybridized carbons (Fsp3) is 0.483. The molecule has 5 nitrogen and oxygen atoms in total. The summed E-state index contributed by atoms with van der Waals surface area (Å²) in [6, 6.07) is 5.16. The van der Waals surface area contributed by atoms with Gasteiger partial charge in [0.2, 0.25) is 5.91 Å². The number of hydrogen-bond donors (Lipinski definition) is 2. The lowest BCUT2D eigenvalue weighted by Crippen LogP contribution is -2.61. The van der Waals surface area contributed by atoms with Crippen LogP contribution in [0.2, 0.25) is 5.02 Å². The van der Waals surface area contributed by atoms with Gasteiger partial charge in [-0.05, 0) is 69.1 Å². The number of nitrogens with zero attached hydrogens (tertiary/aromatic N) is 1. The molecule has 1 aromatic rings. The largest absolute Gasteiger partial charge is 0.506 e. The second-order valence-electron chi connectivity index (χ2n) is 10.7. The molecule has 35 heavy (non-hydrogen) atoms. The maximum atomic E-state index is 13.2. The Hall–Kier alpha value is -2.34. The van der Waals surface area contributed by atoms with Crippen molar-refractivity contribution in [3.8, 4) is 5.75 Å². The van der Waals surface area contributed by atoms with Gasteiger partial charge in [-0.15, -0.1) is 0 Å². The second kappa shape index (κ2) is 10.7. The van der Waals surface area contributed by atoms with Crippen molar-refractivity contribution >= 4 is 17.5 Å². The number of phenolic OH excluding ortho intramolecular Hbond substituents is 1. The van der Waals surface area contributed by atoms with Gasteiger partial charge in [0, 0.05) is 18.6 Å². The molecule has 4 rings (SSSR count). The molecule has 0 aromatic heterocycles. The Morgan fingerprint density at radius 1 is 1.09 bits per heavy atom. The topological polar surface area (TPSA) is 75.8 Å². The lowest BCUT2D eigenvalue weighted by Gasteiger charge is -2.51. The minimum Gasteiger partial charge on any atom is -0.506 e. The molecule has 0 radical (unpaired) electrons. The Morgan fingerprint density at radius 2 is 1.71 bits per heavy atom. The molecule has 0 spiro atoms. The summed E-state index contributed by atoms with van der Waals surface area (Å²) < 4.78 is 6.07. The Balaban J connectivity index is 1.38. The summed E-state index contributed by atoms with van der Waals surface area (Å²) in [5.41, 5.74) is 6.46. The average molecular weight is 497 g/mol. The summed E-state index contributed by atoms with van der Waals surface area (Å²) in [6.45, 7) is 6.66. The van der Waals surface area contributed by atoms with E-state index in [2.05, 4.69) is 67.4 Å². The molecule has 1 heterocycles. The quantitative estimate of drug-likeness (QED) is 0.445. The van der Waals surface area contributed by atoms with E-state index < -0.39 is 5.41 Å². The Bertz CT molecular complexity index is 1010. The number of primary amides is 1. The van der Waals surface area contributed by atoms with E-state index in [1.807, 2.05) is 6.07 Å². The number of ether oxygens (including phenoxy) is 1. The summed E-state index contributed by atoms with van der Waals surface area (Å²) in [5, 5.41) is 9.93. The summed E-state index contributed by atoms with van der Waals surface area (Å²) in [7, 11) is 0. The van der Waals surface area contributed by atoms with Gasteiger partial charge in [0.15, 0.2) is 0 Å². The first-order chi connectivity index (χ1) is 16.7. The van der Waals surface area contributed by atoms with Gasteiger partial charge in [0.1, 0.15) is 5.75 Å². The minimum atomic E-state index is -0.612.